The average Bonchev–Trinajstić information content (AvgIpc) is 3.12. The minimum atomic E-state index is -0.154. The van der Waals surface area contributed by atoms with Crippen molar-refractivity contribution in [2.45, 2.75) is 26.2 Å². The third-order valence-electron chi connectivity index (χ3n) is 3.27. The van der Waals surface area contributed by atoms with E-state index in [1.165, 1.54) is 0 Å². The highest BCUT2D eigenvalue weighted by atomic mass is 32.1. The van der Waals surface area contributed by atoms with E-state index >= 15 is 0 Å². The molecule has 0 fully saturated rings. The molecule has 0 radical (unpaired) electrons. The number of aromatic amines is 1. The van der Waals surface area contributed by atoms with Crippen molar-refractivity contribution in [3.8, 4) is 5.69 Å². The summed E-state index contributed by atoms with van der Waals surface area (Å²) in [6.07, 6.45) is 5.41. The lowest BCUT2D eigenvalue weighted by molar-refractivity contribution is 0.516. The summed E-state index contributed by atoms with van der Waals surface area (Å²) in [7, 11) is 0. The maximum atomic E-state index is 5.25. The Bertz CT molecular complexity index is 879. The SMILES string of the molecule is CC(C)(C)c1n[nH]c(=S)n1/N=C\c1cnn(-c2ccccc2)c1. The van der Waals surface area contributed by atoms with E-state index in [2.05, 4.69) is 41.2 Å². The van der Waals surface area contributed by atoms with E-state index in [4.69, 9.17) is 12.2 Å². The van der Waals surface area contributed by atoms with E-state index in [1.54, 1.807) is 21.8 Å². The summed E-state index contributed by atoms with van der Waals surface area (Å²) in [6, 6.07) is 9.93. The fourth-order valence-corrected chi connectivity index (χ4v) is 2.31. The van der Waals surface area contributed by atoms with E-state index in [1.807, 2.05) is 36.5 Å². The van der Waals surface area contributed by atoms with Gasteiger partial charge < -0.3 is 0 Å². The smallest absolute Gasteiger partial charge is 0.216 e. The zero-order valence-corrected chi connectivity index (χ0v) is 14.1. The van der Waals surface area contributed by atoms with Crippen LogP contribution in [0.4, 0.5) is 0 Å². The molecule has 1 aromatic carbocycles. The van der Waals surface area contributed by atoms with Gasteiger partial charge in [0.05, 0.1) is 18.1 Å². The van der Waals surface area contributed by atoms with Crippen molar-refractivity contribution < 1.29 is 0 Å². The normalized spacial score (nSPS) is 12.1. The summed E-state index contributed by atoms with van der Waals surface area (Å²) in [5.74, 6) is 0.786. The van der Waals surface area contributed by atoms with Gasteiger partial charge in [0.15, 0.2) is 5.82 Å². The zero-order chi connectivity index (χ0) is 16.4. The van der Waals surface area contributed by atoms with Gasteiger partial charge in [-0.2, -0.15) is 20.0 Å². The molecule has 3 aromatic rings. The van der Waals surface area contributed by atoms with Crippen molar-refractivity contribution in [3.05, 3.63) is 58.9 Å². The number of H-pyrrole nitrogens is 1. The molecular formula is C16H18N6S. The number of para-hydroxylation sites is 1. The number of hydrogen-bond donors (Lipinski definition) is 1. The maximum absolute atomic E-state index is 5.25. The van der Waals surface area contributed by atoms with Crippen molar-refractivity contribution in [2.24, 2.45) is 5.10 Å². The first-order chi connectivity index (χ1) is 10.9. The van der Waals surface area contributed by atoms with Crippen LogP contribution in [0.15, 0.2) is 47.8 Å². The lowest BCUT2D eigenvalue weighted by Crippen LogP contribution is -2.17. The van der Waals surface area contributed by atoms with Gasteiger partial charge in [-0.1, -0.05) is 39.0 Å². The summed E-state index contributed by atoms with van der Waals surface area (Å²) in [5.41, 5.74) is 1.73. The summed E-state index contributed by atoms with van der Waals surface area (Å²) >= 11 is 5.25. The molecule has 0 saturated heterocycles. The van der Waals surface area contributed by atoms with Gasteiger partial charge >= 0.3 is 0 Å². The van der Waals surface area contributed by atoms with Crippen LogP contribution in [0.5, 0.6) is 0 Å². The number of hydrogen-bond acceptors (Lipinski definition) is 4. The van der Waals surface area contributed by atoms with Gasteiger partial charge in [-0.25, -0.2) is 4.68 Å². The number of benzene rings is 1. The predicted molar refractivity (Wildman–Crippen MR) is 92.7 cm³/mol. The Morgan fingerprint density at radius 2 is 1.96 bits per heavy atom. The van der Waals surface area contributed by atoms with Crippen LogP contribution < -0.4 is 0 Å². The molecule has 0 unspecified atom stereocenters. The maximum Gasteiger partial charge on any atom is 0.216 e. The van der Waals surface area contributed by atoms with Gasteiger partial charge in [0.1, 0.15) is 0 Å². The number of aromatic nitrogens is 5. The van der Waals surface area contributed by atoms with Crippen LogP contribution in [0.3, 0.4) is 0 Å². The number of nitrogens with one attached hydrogen (secondary N) is 1. The van der Waals surface area contributed by atoms with Crippen molar-refractivity contribution >= 4 is 18.4 Å². The Morgan fingerprint density at radius 1 is 1.22 bits per heavy atom. The topological polar surface area (TPSA) is 63.8 Å². The molecule has 0 atom stereocenters. The van der Waals surface area contributed by atoms with Crippen molar-refractivity contribution in [2.75, 3.05) is 0 Å². The van der Waals surface area contributed by atoms with Gasteiger partial charge in [0.25, 0.3) is 0 Å². The van der Waals surface area contributed by atoms with Gasteiger partial charge in [0.2, 0.25) is 4.77 Å². The van der Waals surface area contributed by atoms with Crippen molar-refractivity contribution in [1.29, 1.82) is 0 Å². The Labute approximate surface area is 139 Å². The zero-order valence-electron chi connectivity index (χ0n) is 13.3. The molecule has 118 valence electrons. The fraction of sp³-hybridized carbons (Fsp3) is 0.250. The molecule has 3 rings (SSSR count). The lowest BCUT2D eigenvalue weighted by atomic mass is 9.96. The van der Waals surface area contributed by atoms with Crippen LogP contribution in [-0.2, 0) is 5.41 Å². The first kappa shape index (κ1) is 15.4. The molecule has 0 aliphatic heterocycles. The Morgan fingerprint density at radius 3 is 2.65 bits per heavy atom. The van der Waals surface area contributed by atoms with Crippen LogP contribution in [0, 0.1) is 4.77 Å². The second-order valence-electron chi connectivity index (χ2n) is 6.21. The molecule has 2 aromatic heterocycles. The van der Waals surface area contributed by atoms with Crippen LogP contribution in [0.1, 0.15) is 32.2 Å². The predicted octanol–water partition coefficient (Wildman–Crippen LogP) is 3.31. The van der Waals surface area contributed by atoms with Crippen LogP contribution in [0.25, 0.3) is 5.69 Å². The van der Waals surface area contributed by atoms with E-state index in [0.29, 0.717) is 4.77 Å². The van der Waals surface area contributed by atoms with Crippen molar-refractivity contribution in [1.82, 2.24) is 24.7 Å². The van der Waals surface area contributed by atoms with Gasteiger partial charge in [-0.05, 0) is 24.4 Å². The van der Waals surface area contributed by atoms with Gasteiger partial charge in [0, 0.05) is 17.2 Å². The highest BCUT2D eigenvalue weighted by Gasteiger charge is 2.21. The Kier molecular flexibility index (Phi) is 3.96. The minimum Gasteiger partial charge on any atom is -0.250 e. The number of nitrogens with zero attached hydrogens (tertiary/aromatic N) is 5. The molecule has 0 aliphatic rings. The molecule has 2 heterocycles. The minimum absolute atomic E-state index is 0.154. The molecule has 0 amide bonds. The number of rotatable bonds is 3. The van der Waals surface area contributed by atoms with Crippen LogP contribution in [-0.4, -0.2) is 30.9 Å². The highest BCUT2D eigenvalue weighted by molar-refractivity contribution is 7.71. The molecule has 6 nitrogen and oxygen atoms in total. The second-order valence-corrected chi connectivity index (χ2v) is 6.60. The van der Waals surface area contributed by atoms with Gasteiger partial charge in [-0.15, -0.1) is 0 Å². The quantitative estimate of drug-likeness (QED) is 0.593. The largest absolute Gasteiger partial charge is 0.250 e. The fourth-order valence-electron chi connectivity index (χ4n) is 2.13. The monoisotopic (exact) mass is 326 g/mol. The third-order valence-corrected chi connectivity index (χ3v) is 3.53. The van der Waals surface area contributed by atoms with Crippen LogP contribution in [0.2, 0.25) is 0 Å². The highest BCUT2D eigenvalue weighted by Crippen LogP contribution is 2.19. The van der Waals surface area contributed by atoms with E-state index in [9.17, 15) is 0 Å². The average molecular weight is 326 g/mol. The lowest BCUT2D eigenvalue weighted by Gasteiger charge is -2.15. The third kappa shape index (κ3) is 3.29. The van der Waals surface area contributed by atoms with Crippen molar-refractivity contribution in [3.63, 3.8) is 0 Å². The molecule has 0 saturated carbocycles. The van der Waals surface area contributed by atoms with E-state index < -0.39 is 0 Å². The Balaban J connectivity index is 1.89. The first-order valence-corrected chi connectivity index (χ1v) is 7.68. The summed E-state index contributed by atoms with van der Waals surface area (Å²) in [4.78, 5) is 0. The molecule has 1 N–H and O–H groups in total. The molecule has 23 heavy (non-hydrogen) atoms. The van der Waals surface area contributed by atoms with E-state index in [-0.39, 0.29) is 5.41 Å². The Hall–Kier alpha value is -2.54. The van der Waals surface area contributed by atoms with E-state index in [0.717, 1.165) is 17.1 Å². The second kappa shape index (κ2) is 5.92. The van der Waals surface area contributed by atoms with Crippen LogP contribution >= 0.6 is 12.2 Å². The summed E-state index contributed by atoms with van der Waals surface area (Å²) in [6.45, 7) is 6.20. The standard InChI is InChI=1S/C16H18N6S/c1-16(2,3)14-19-20-15(23)22(14)18-10-12-9-17-21(11-12)13-7-5-4-6-8-13/h4-11H,1-3H3,(H,20,23)/b18-10-. The molecular weight excluding hydrogens is 308 g/mol. The first-order valence-electron chi connectivity index (χ1n) is 7.27. The summed E-state index contributed by atoms with van der Waals surface area (Å²) in [5, 5.41) is 15.9. The summed E-state index contributed by atoms with van der Waals surface area (Å²) < 4.78 is 3.93. The molecule has 0 bridgehead atoms. The van der Waals surface area contributed by atoms with Gasteiger partial charge in [-0.3, -0.25) is 5.10 Å². The molecule has 0 aliphatic carbocycles. The molecule has 0 spiro atoms. The molecule has 7 heteroatoms.